The van der Waals surface area contributed by atoms with Crippen LogP contribution in [-0.2, 0) is 22.5 Å². The summed E-state index contributed by atoms with van der Waals surface area (Å²) in [5.41, 5.74) is 13.9. The fourth-order valence-corrected chi connectivity index (χ4v) is 6.49. The summed E-state index contributed by atoms with van der Waals surface area (Å²) in [7, 11) is 4.09. The minimum atomic E-state index is -0.350. The van der Waals surface area contributed by atoms with Crippen LogP contribution in [0, 0.1) is 13.8 Å². The van der Waals surface area contributed by atoms with Crippen molar-refractivity contribution in [2.24, 2.45) is 0 Å². The van der Waals surface area contributed by atoms with Gasteiger partial charge in [0, 0.05) is 60.1 Å². The van der Waals surface area contributed by atoms with Crippen molar-refractivity contribution in [3.8, 4) is 0 Å². The molecular weight excluding hydrogens is 820 g/mol. The van der Waals surface area contributed by atoms with Crippen LogP contribution >= 0.6 is 23.2 Å². The number of nitrogens with zero attached hydrogens (tertiary/aromatic N) is 6. The Kier molecular flexibility index (Phi) is 17.8. The number of aryl methyl sites for hydroxylation is 2. The Morgan fingerprint density at radius 3 is 1.35 bits per heavy atom. The van der Waals surface area contributed by atoms with Gasteiger partial charge in [0.15, 0.2) is 0 Å². The number of nitrogens with one attached hydrogen (secondary N) is 4. The maximum absolute atomic E-state index is 12.2. The molecule has 0 bridgehead atoms. The van der Waals surface area contributed by atoms with Crippen LogP contribution in [0.4, 0.5) is 22.7 Å². The predicted octanol–water partition coefficient (Wildman–Crippen LogP) is 8.29. The number of hydrogen-bond acceptors (Lipinski definition) is 10. The van der Waals surface area contributed by atoms with E-state index in [1.807, 2.05) is 47.5 Å². The molecule has 0 aliphatic heterocycles. The van der Waals surface area contributed by atoms with Crippen molar-refractivity contribution in [1.29, 1.82) is 0 Å². The molecule has 0 aliphatic carbocycles. The molecule has 6 aromatic rings. The topological polar surface area (TPSA) is 162 Å². The first-order chi connectivity index (χ1) is 28.8. The average Bonchev–Trinajstić information content (AvgIpc) is 3.79. The molecule has 0 aliphatic rings. The third-order valence-corrected chi connectivity index (χ3v) is 9.27. The molecule has 0 saturated carbocycles. The van der Waals surface area contributed by atoms with E-state index in [0.29, 0.717) is 56.8 Å². The van der Waals surface area contributed by atoms with Gasteiger partial charge in [0.25, 0.3) is 11.8 Å². The quantitative estimate of drug-likeness (QED) is 0.0619. The van der Waals surface area contributed by atoms with E-state index in [4.69, 9.17) is 32.9 Å². The highest BCUT2D eigenvalue weighted by atomic mass is 35.5. The summed E-state index contributed by atoms with van der Waals surface area (Å²) >= 11 is 12.7. The highest BCUT2D eigenvalue weighted by molar-refractivity contribution is 6.33. The van der Waals surface area contributed by atoms with Gasteiger partial charge in [-0.1, -0.05) is 54.0 Å². The number of halogens is 2. The molecule has 0 unspecified atom stereocenters. The van der Waals surface area contributed by atoms with E-state index in [1.165, 1.54) is 24.5 Å². The van der Waals surface area contributed by atoms with Gasteiger partial charge in [0.05, 0.1) is 69.5 Å². The number of para-hydroxylation sites is 2. The number of carbonyl (C=O) groups is 2. The van der Waals surface area contributed by atoms with E-state index in [2.05, 4.69) is 88.1 Å². The van der Waals surface area contributed by atoms with E-state index in [9.17, 15) is 9.59 Å². The number of hydroxylamine groups is 2. The summed E-state index contributed by atoms with van der Waals surface area (Å²) in [6.07, 6.45) is 4.47. The molecule has 14 nitrogen and oxygen atoms in total. The lowest BCUT2D eigenvalue weighted by Gasteiger charge is -2.14. The largest absolute Gasteiger partial charge is 0.354 e. The van der Waals surface area contributed by atoms with Crippen molar-refractivity contribution in [3.63, 3.8) is 0 Å². The zero-order chi connectivity index (χ0) is 43.9. The molecule has 318 valence electrons. The zero-order valence-corrected chi connectivity index (χ0v) is 39.2. The van der Waals surface area contributed by atoms with Crippen LogP contribution in [0.3, 0.4) is 0 Å². The Bertz CT molecular complexity index is 2200. The lowest BCUT2D eigenvalue weighted by atomic mass is 10.1. The fourth-order valence-electron chi connectivity index (χ4n) is 6.18. The second-order valence-corrected chi connectivity index (χ2v) is 14.7. The fraction of sp³-hybridized carbons (Fsp3) is 0.302. The van der Waals surface area contributed by atoms with Gasteiger partial charge in [-0.3, -0.25) is 38.6 Å². The highest BCUT2D eigenvalue weighted by Gasteiger charge is 2.17. The van der Waals surface area contributed by atoms with Crippen LogP contribution in [0.5, 0.6) is 0 Å². The summed E-state index contributed by atoms with van der Waals surface area (Å²) in [5.74, 6) is -0.699. The van der Waals surface area contributed by atoms with Crippen LogP contribution in [0.2, 0.25) is 16.6 Å². The Labute approximate surface area is 364 Å². The van der Waals surface area contributed by atoms with Gasteiger partial charge in [-0.25, -0.2) is 11.0 Å². The molecule has 0 radical (unpaired) electrons. The summed E-state index contributed by atoms with van der Waals surface area (Å²) < 4.78 is 4.01. The van der Waals surface area contributed by atoms with Crippen molar-refractivity contribution < 1.29 is 19.3 Å². The third-order valence-electron chi connectivity index (χ3n) is 8.67. The summed E-state index contributed by atoms with van der Waals surface area (Å²) in [5, 5.41) is 16.5. The van der Waals surface area contributed by atoms with Crippen molar-refractivity contribution in [2.45, 2.75) is 73.0 Å². The average molecular weight is 874 g/mol. The number of carbonyl (C=O) groups excluding carboxylic acids is 2. The summed E-state index contributed by atoms with van der Waals surface area (Å²) in [6, 6.07) is 22.7. The van der Waals surface area contributed by atoms with Crippen molar-refractivity contribution in [2.75, 3.05) is 24.9 Å². The van der Waals surface area contributed by atoms with E-state index in [-0.39, 0.29) is 23.9 Å². The molecule has 0 fully saturated rings. The number of aromatic nitrogens is 6. The van der Waals surface area contributed by atoms with Crippen LogP contribution in [0.25, 0.3) is 0 Å². The standard InChI is InChI=1S/2C21H24ClN5O2.CH6Si/c2*1-13(2)27-16(9-14(3)25-27)10-15-11-20(18(22)12-23-15)24-19-8-6-5-7-17(19)21(28)26-29-4;1-2/h2*5-9,11-13H,10H2,1-4H3,(H,23,24)(H,26,28);1-2H3. The summed E-state index contributed by atoms with van der Waals surface area (Å²) in [6.45, 7) is 14.5. The molecule has 6 rings (SSSR count). The number of hydrogen-bond donors (Lipinski definition) is 4. The van der Waals surface area contributed by atoms with Gasteiger partial charge in [-0.15, -0.1) is 0 Å². The Hall–Kier alpha value is -5.58. The van der Waals surface area contributed by atoms with Crippen molar-refractivity contribution >= 4 is 68.0 Å². The number of rotatable bonds is 14. The minimum Gasteiger partial charge on any atom is -0.354 e. The second-order valence-electron chi connectivity index (χ2n) is 13.9. The Morgan fingerprint density at radius 1 is 0.633 bits per heavy atom. The predicted molar refractivity (Wildman–Crippen MR) is 243 cm³/mol. The van der Waals surface area contributed by atoms with Gasteiger partial charge >= 0.3 is 0 Å². The number of benzene rings is 2. The molecule has 0 spiro atoms. The maximum atomic E-state index is 12.2. The normalized spacial score (nSPS) is 10.8. The third kappa shape index (κ3) is 12.7. The van der Waals surface area contributed by atoms with Gasteiger partial charge in [-0.05, 0) is 100 Å². The number of amides is 2. The number of pyridine rings is 2. The van der Waals surface area contributed by atoms with Gasteiger partial charge in [-0.2, -0.15) is 10.2 Å². The smallest absolute Gasteiger partial charge is 0.276 e. The molecule has 4 heterocycles. The van der Waals surface area contributed by atoms with Crippen LogP contribution in [-0.4, -0.2) is 65.8 Å². The minimum absolute atomic E-state index is 0.259. The second kappa shape index (κ2) is 22.7. The first-order valence-corrected chi connectivity index (χ1v) is 22.3. The van der Waals surface area contributed by atoms with Gasteiger partial charge < -0.3 is 10.6 Å². The maximum Gasteiger partial charge on any atom is 0.276 e. The van der Waals surface area contributed by atoms with E-state index in [1.54, 1.807) is 48.8 Å². The van der Waals surface area contributed by atoms with Crippen molar-refractivity contribution in [3.05, 3.63) is 141 Å². The first kappa shape index (κ1) is 47.1. The molecule has 4 aromatic heterocycles. The highest BCUT2D eigenvalue weighted by Crippen LogP contribution is 2.30. The molecule has 0 atom stereocenters. The molecule has 2 amide bonds. The van der Waals surface area contributed by atoms with E-state index >= 15 is 0 Å². The van der Waals surface area contributed by atoms with E-state index in [0.717, 1.165) is 34.2 Å². The van der Waals surface area contributed by atoms with Gasteiger partial charge in [0.2, 0.25) is 0 Å². The lowest BCUT2D eigenvalue weighted by molar-refractivity contribution is 0.0534. The van der Waals surface area contributed by atoms with Crippen molar-refractivity contribution in [1.82, 2.24) is 40.5 Å². The molecule has 2 aromatic carbocycles. The van der Waals surface area contributed by atoms with Crippen LogP contribution in [0.15, 0.2) is 85.2 Å². The van der Waals surface area contributed by atoms with E-state index < -0.39 is 0 Å². The summed E-state index contributed by atoms with van der Waals surface area (Å²) in [4.78, 5) is 42.8. The molecular formula is C43H54Cl2N10O4Si. The monoisotopic (exact) mass is 872 g/mol. The lowest BCUT2D eigenvalue weighted by Crippen LogP contribution is -2.22. The van der Waals surface area contributed by atoms with Crippen LogP contribution in [0.1, 0.15) is 94.7 Å². The first-order valence-electron chi connectivity index (χ1n) is 19.6. The SMILES string of the molecule is CONC(=O)c1ccccc1Nc1cc(Cc2cc(C)nn2C(C)C)ncc1Cl.CONC(=O)c1ccccc1Nc1cc(Cc2cc(C)nn2C(C)C)ncc1Cl.C[SiH3]. The molecule has 60 heavy (non-hydrogen) atoms. The molecule has 17 heteroatoms. The molecule has 4 N–H and O–H groups in total. The van der Waals surface area contributed by atoms with Gasteiger partial charge in [0.1, 0.15) is 0 Å². The number of anilines is 4. The Balaban J connectivity index is 0.000000254. The van der Waals surface area contributed by atoms with Crippen LogP contribution < -0.4 is 21.6 Å². The zero-order valence-electron chi connectivity index (χ0n) is 35.7. The molecule has 0 saturated heterocycles. The Morgan fingerprint density at radius 2 is 1.00 bits per heavy atom.